The van der Waals surface area contributed by atoms with Crippen LogP contribution in [0.2, 0.25) is 0 Å². The molecule has 8 nitrogen and oxygen atoms in total. The van der Waals surface area contributed by atoms with Crippen molar-refractivity contribution in [1.82, 2.24) is 24.6 Å². The maximum atomic E-state index is 14.5. The quantitative estimate of drug-likeness (QED) is 0.471. The molecular weight excluding hydrogens is 533 g/mol. The molecular formula is C24H18F5N5O3S. The van der Waals surface area contributed by atoms with Crippen molar-refractivity contribution >= 4 is 15.9 Å². The van der Waals surface area contributed by atoms with E-state index in [1.54, 1.807) is 0 Å². The van der Waals surface area contributed by atoms with Crippen LogP contribution in [-0.2, 0) is 27.5 Å². The largest absolute Gasteiger partial charge is 0.451 e. The summed E-state index contributed by atoms with van der Waals surface area (Å²) in [7, 11) is -4.10. The number of carbonyl (C=O) groups excluding carboxylic acids is 1. The van der Waals surface area contributed by atoms with Crippen LogP contribution >= 0.6 is 0 Å². The summed E-state index contributed by atoms with van der Waals surface area (Å²) in [5.41, 5.74) is -0.664. The first-order chi connectivity index (χ1) is 17.9. The number of hydrogen-bond acceptors (Lipinski definition) is 6. The van der Waals surface area contributed by atoms with Crippen LogP contribution < -0.4 is 5.32 Å². The van der Waals surface area contributed by atoms with Gasteiger partial charge in [-0.2, -0.15) is 17.5 Å². The van der Waals surface area contributed by atoms with Crippen LogP contribution in [0.4, 0.5) is 22.0 Å². The third kappa shape index (κ3) is 3.76. The van der Waals surface area contributed by atoms with E-state index in [0.717, 1.165) is 42.9 Å². The van der Waals surface area contributed by atoms with Crippen molar-refractivity contribution in [2.75, 3.05) is 0 Å². The molecule has 6 rings (SSSR count). The zero-order valence-electron chi connectivity index (χ0n) is 19.3. The molecule has 198 valence electrons. The minimum absolute atomic E-state index is 0.0131. The summed E-state index contributed by atoms with van der Waals surface area (Å²) in [5.74, 6) is -3.31. The van der Waals surface area contributed by atoms with E-state index in [1.807, 2.05) is 0 Å². The minimum Gasteiger partial charge on any atom is -0.351 e. The van der Waals surface area contributed by atoms with Crippen LogP contribution in [0.5, 0.6) is 0 Å². The maximum absolute atomic E-state index is 14.5. The molecule has 1 atom stereocenters. The number of pyridine rings is 1. The highest BCUT2D eigenvalue weighted by atomic mass is 32.2. The predicted octanol–water partition coefficient (Wildman–Crippen LogP) is 3.45. The Bertz CT molecular complexity index is 1560. The lowest BCUT2D eigenvalue weighted by molar-refractivity contribution is -0.145. The molecule has 0 unspecified atom stereocenters. The number of nitrogens with one attached hydrogen (secondary N) is 1. The Morgan fingerprint density at radius 1 is 1.05 bits per heavy atom. The molecule has 0 radical (unpaired) electrons. The first kappa shape index (κ1) is 24.8. The summed E-state index contributed by atoms with van der Waals surface area (Å²) in [6.07, 6.45) is -0.408. The molecule has 0 bridgehead atoms. The van der Waals surface area contributed by atoms with Crippen LogP contribution in [0.25, 0.3) is 11.3 Å². The first-order valence-corrected chi connectivity index (χ1v) is 12.9. The molecule has 3 aliphatic rings. The number of rotatable bonds is 6. The molecule has 2 aromatic heterocycles. The van der Waals surface area contributed by atoms with Gasteiger partial charge in [0.05, 0.1) is 16.8 Å². The lowest BCUT2D eigenvalue weighted by Gasteiger charge is -2.32. The highest BCUT2D eigenvalue weighted by Gasteiger charge is 2.92. The van der Waals surface area contributed by atoms with Crippen molar-refractivity contribution in [3.63, 3.8) is 0 Å². The molecule has 14 heteroatoms. The summed E-state index contributed by atoms with van der Waals surface area (Å²) in [5, 5.41) is 2.57. The van der Waals surface area contributed by atoms with Gasteiger partial charge < -0.3 is 5.32 Å². The molecule has 1 aliphatic heterocycles. The number of carbonyl (C=O) groups is 1. The molecule has 2 saturated carbocycles. The molecule has 2 aliphatic carbocycles. The van der Waals surface area contributed by atoms with Gasteiger partial charge in [-0.1, -0.05) is 0 Å². The summed E-state index contributed by atoms with van der Waals surface area (Å²) in [6, 6.07) is 4.61. The number of hydrogen-bond donors (Lipinski definition) is 1. The van der Waals surface area contributed by atoms with Gasteiger partial charge in [0.2, 0.25) is 21.8 Å². The second-order valence-corrected chi connectivity index (χ2v) is 11.6. The summed E-state index contributed by atoms with van der Waals surface area (Å²) < 4.78 is 94.0. The SMILES string of the molecule is O=C(NCc1cc(-c2cnc(C(F)(F)F)nc2)ncc1F)[C@@H]1CC23CC2(C3)N1S(=O)(=O)c1ccc(F)cc1. The highest BCUT2D eigenvalue weighted by Crippen LogP contribution is 2.88. The van der Waals surface area contributed by atoms with Gasteiger partial charge in [-0.15, -0.1) is 0 Å². The van der Waals surface area contributed by atoms with Crippen LogP contribution in [0.1, 0.15) is 30.7 Å². The van der Waals surface area contributed by atoms with Gasteiger partial charge in [-0.25, -0.2) is 27.2 Å². The monoisotopic (exact) mass is 551 g/mol. The van der Waals surface area contributed by atoms with Crippen molar-refractivity contribution in [2.45, 2.75) is 48.5 Å². The maximum Gasteiger partial charge on any atom is 0.451 e. The smallest absolute Gasteiger partial charge is 0.351 e. The molecule has 1 saturated heterocycles. The molecule has 1 aromatic carbocycles. The van der Waals surface area contributed by atoms with E-state index in [9.17, 15) is 35.2 Å². The Morgan fingerprint density at radius 3 is 2.34 bits per heavy atom. The zero-order chi connectivity index (χ0) is 27.1. The van der Waals surface area contributed by atoms with Crippen LogP contribution in [-0.4, -0.2) is 45.2 Å². The standard InChI is InChI=1S/C24H18F5N5O3S/c25-15-1-3-16(4-2-15)38(36,37)34-19(6-22-11-23(22,34)12-22)20(35)31-7-13-5-18(30-10-17(13)26)14-8-32-21(33-9-14)24(27,28)29/h1-5,8-10,19H,6-7,11-12H2,(H,31,35)/t19-,22?,23?/m0/s1. The number of aromatic nitrogens is 3. The Labute approximate surface area is 213 Å². The normalized spacial score (nSPS) is 26.0. The van der Waals surface area contributed by atoms with Crippen molar-refractivity contribution < 1.29 is 35.2 Å². The lowest BCUT2D eigenvalue weighted by Crippen LogP contribution is -2.51. The lowest BCUT2D eigenvalue weighted by atomic mass is 10.0. The van der Waals surface area contributed by atoms with E-state index in [0.29, 0.717) is 19.3 Å². The van der Waals surface area contributed by atoms with Gasteiger partial charge in [-0.05, 0) is 55.0 Å². The van der Waals surface area contributed by atoms with Crippen molar-refractivity contribution in [1.29, 1.82) is 0 Å². The average molecular weight is 551 g/mol. The summed E-state index contributed by atoms with van der Waals surface area (Å²) in [4.78, 5) is 23.4. The van der Waals surface area contributed by atoms with E-state index in [1.165, 1.54) is 10.4 Å². The average Bonchev–Trinajstić information content (AvgIpc) is 3.64. The van der Waals surface area contributed by atoms with Gasteiger partial charge in [0.15, 0.2) is 0 Å². The minimum atomic E-state index is -4.72. The summed E-state index contributed by atoms with van der Waals surface area (Å²) in [6.45, 7) is -0.317. The Kier molecular flexibility index (Phi) is 5.21. The van der Waals surface area contributed by atoms with Gasteiger partial charge in [0.25, 0.3) is 0 Å². The number of halogens is 5. The Balaban J connectivity index is 1.20. The van der Waals surface area contributed by atoms with E-state index >= 15 is 0 Å². The summed E-state index contributed by atoms with van der Waals surface area (Å²) >= 11 is 0. The third-order valence-corrected chi connectivity index (χ3v) is 9.54. The van der Waals surface area contributed by atoms with Crippen LogP contribution in [0, 0.1) is 17.0 Å². The number of amides is 1. The Morgan fingerprint density at radius 2 is 1.71 bits per heavy atom. The Hall–Kier alpha value is -3.52. The topological polar surface area (TPSA) is 105 Å². The number of alkyl halides is 3. The molecule has 3 aromatic rings. The van der Waals surface area contributed by atoms with Gasteiger partial charge in [0.1, 0.15) is 17.7 Å². The number of nitrogens with zero attached hydrogens (tertiary/aromatic N) is 4. The molecule has 0 spiro atoms. The fraction of sp³-hybridized carbons (Fsp3) is 0.333. The van der Waals surface area contributed by atoms with E-state index in [-0.39, 0.29) is 33.7 Å². The van der Waals surface area contributed by atoms with Gasteiger partial charge in [0, 0.05) is 35.6 Å². The second-order valence-electron chi connectivity index (χ2n) is 9.81. The molecule has 1 amide bonds. The highest BCUT2D eigenvalue weighted by molar-refractivity contribution is 7.89. The van der Waals surface area contributed by atoms with E-state index in [4.69, 9.17) is 0 Å². The molecule has 3 fully saturated rings. The third-order valence-electron chi connectivity index (χ3n) is 7.55. The molecule has 38 heavy (non-hydrogen) atoms. The fourth-order valence-corrected chi connectivity index (χ4v) is 7.45. The number of sulfonamides is 1. The predicted molar refractivity (Wildman–Crippen MR) is 120 cm³/mol. The number of benzene rings is 1. The van der Waals surface area contributed by atoms with Crippen molar-refractivity contribution in [3.05, 3.63) is 71.9 Å². The number of piperidine rings is 2. The van der Waals surface area contributed by atoms with E-state index in [2.05, 4.69) is 20.3 Å². The molecule has 3 heterocycles. The van der Waals surface area contributed by atoms with Gasteiger partial charge >= 0.3 is 6.18 Å². The first-order valence-electron chi connectivity index (χ1n) is 11.5. The van der Waals surface area contributed by atoms with E-state index < -0.39 is 51.1 Å². The van der Waals surface area contributed by atoms with Crippen molar-refractivity contribution in [3.8, 4) is 11.3 Å². The van der Waals surface area contributed by atoms with Crippen LogP contribution in [0.3, 0.4) is 0 Å². The van der Waals surface area contributed by atoms with Crippen molar-refractivity contribution in [2.24, 2.45) is 5.41 Å². The fourth-order valence-electron chi connectivity index (χ4n) is 5.45. The second kappa shape index (κ2) is 7.99. The van der Waals surface area contributed by atoms with Crippen LogP contribution in [0.15, 0.2) is 53.8 Å². The van der Waals surface area contributed by atoms with Gasteiger partial charge in [-0.3, -0.25) is 9.78 Å². The zero-order valence-corrected chi connectivity index (χ0v) is 20.2. The molecule has 1 N–H and O–H groups in total.